The molecule has 0 saturated heterocycles. The van der Waals surface area contributed by atoms with Crippen LogP contribution in [0.2, 0.25) is 0 Å². The van der Waals surface area contributed by atoms with E-state index in [1.54, 1.807) is 37.4 Å². The maximum Gasteiger partial charge on any atom is 0.251 e. The summed E-state index contributed by atoms with van der Waals surface area (Å²) in [6.45, 7) is 0.494. The predicted molar refractivity (Wildman–Crippen MR) is 83.1 cm³/mol. The Labute approximate surface area is 131 Å². The minimum Gasteiger partial charge on any atom is -0.496 e. The fourth-order valence-electron chi connectivity index (χ4n) is 1.88. The van der Waals surface area contributed by atoms with Crippen LogP contribution in [0.15, 0.2) is 46.9 Å². The molecule has 0 radical (unpaired) electrons. The number of carbonyl (C=O) groups excluding carboxylic acids is 1. The van der Waals surface area contributed by atoms with Crippen LogP contribution < -0.4 is 10.1 Å². The average Bonchev–Trinajstić information content (AvgIpc) is 2.49. The highest BCUT2D eigenvalue weighted by molar-refractivity contribution is 9.10. The predicted octanol–water partition coefficient (Wildman–Crippen LogP) is 3.57. The smallest absolute Gasteiger partial charge is 0.251 e. The number of amides is 1. The highest BCUT2D eigenvalue weighted by atomic mass is 79.9. The van der Waals surface area contributed by atoms with Crippen molar-refractivity contribution in [3.63, 3.8) is 0 Å². The van der Waals surface area contributed by atoms with Crippen LogP contribution in [0.3, 0.4) is 0 Å². The van der Waals surface area contributed by atoms with E-state index in [0.29, 0.717) is 24.3 Å². The maximum atomic E-state index is 12.8. The molecule has 0 atom stereocenters. The normalized spacial score (nSPS) is 10.2. The molecule has 1 amide bonds. The number of hydrogen-bond acceptors (Lipinski definition) is 2. The monoisotopic (exact) mass is 351 g/mol. The summed E-state index contributed by atoms with van der Waals surface area (Å²) in [6.07, 6.45) is 0.656. The van der Waals surface area contributed by atoms with Crippen molar-refractivity contribution in [2.75, 3.05) is 13.7 Å². The second-order valence-corrected chi connectivity index (χ2v) is 5.34. The van der Waals surface area contributed by atoms with Gasteiger partial charge in [-0.15, -0.1) is 0 Å². The molecule has 0 saturated carbocycles. The lowest BCUT2D eigenvalue weighted by atomic mass is 10.1. The molecular formula is C16H15BrFNO2. The minimum absolute atomic E-state index is 0.152. The van der Waals surface area contributed by atoms with Crippen LogP contribution in [0.25, 0.3) is 0 Å². The fourth-order valence-corrected chi connectivity index (χ4v) is 2.42. The van der Waals surface area contributed by atoms with Crippen molar-refractivity contribution in [3.8, 4) is 5.75 Å². The summed E-state index contributed by atoms with van der Waals surface area (Å²) in [5.41, 5.74) is 1.54. The molecule has 0 aliphatic carbocycles. The van der Waals surface area contributed by atoms with E-state index in [2.05, 4.69) is 21.2 Å². The summed E-state index contributed by atoms with van der Waals surface area (Å²) in [6, 6.07) is 11.4. The van der Waals surface area contributed by atoms with Crippen LogP contribution in [-0.4, -0.2) is 19.6 Å². The molecule has 21 heavy (non-hydrogen) atoms. The van der Waals surface area contributed by atoms with Crippen LogP contribution in [0.5, 0.6) is 5.75 Å². The standard InChI is InChI=1S/C16H15BrFNO2/c1-21-15-7-4-12(10-14(15)17)16(20)19-9-8-11-2-5-13(18)6-3-11/h2-7,10H,8-9H2,1H3,(H,19,20). The third-order valence-corrected chi connectivity index (χ3v) is 3.65. The number of rotatable bonds is 5. The molecule has 5 heteroatoms. The lowest BCUT2D eigenvalue weighted by molar-refractivity contribution is 0.0954. The van der Waals surface area contributed by atoms with E-state index in [4.69, 9.17) is 4.74 Å². The van der Waals surface area contributed by atoms with Crippen molar-refractivity contribution in [3.05, 3.63) is 63.9 Å². The molecule has 0 aromatic heterocycles. The van der Waals surface area contributed by atoms with Crippen molar-refractivity contribution in [2.24, 2.45) is 0 Å². The lowest BCUT2D eigenvalue weighted by Gasteiger charge is -2.08. The minimum atomic E-state index is -0.258. The summed E-state index contributed by atoms with van der Waals surface area (Å²) in [5, 5.41) is 2.83. The van der Waals surface area contributed by atoms with Gasteiger partial charge in [-0.25, -0.2) is 4.39 Å². The van der Waals surface area contributed by atoms with E-state index in [0.717, 1.165) is 10.0 Å². The zero-order valence-electron chi connectivity index (χ0n) is 11.5. The van der Waals surface area contributed by atoms with Gasteiger partial charge in [0.2, 0.25) is 0 Å². The molecule has 0 spiro atoms. The van der Waals surface area contributed by atoms with E-state index >= 15 is 0 Å². The molecule has 2 rings (SSSR count). The number of benzene rings is 2. The van der Waals surface area contributed by atoms with E-state index < -0.39 is 0 Å². The van der Waals surface area contributed by atoms with Crippen molar-refractivity contribution in [1.29, 1.82) is 0 Å². The highest BCUT2D eigenvalue weighted by Gasteiger charge is 2.08. The Balaban J connectivity index is 1.89. The molecule has 0 bridgehead atoms. The first kappa shape index (κ1) is 15.5. The third kappa shape index (κ3) is 4.29. The van der Waals surface area contributed by atoms with Crippen LogP contribution in [0, 0.1) is 5.82 Å². The van der Waals surface area contributed by atoms with Gasteiger partial charge in [0.05, 0.1) is 11.6 Å². The van der Waals surface area contributed by atoms with Crippen LogP contribution in [0.4, 0.5) is 4.39 Å². The summed E-state index contributed by atoms with van der Waals surface area (Å²) in [5.74, 6) is 0.268. The molecule has 2 aromatic rings. The van der Waals surface area contributed by atoms with Gasteiger partial charge in [0, 0.05) is 12.1 Å². The van der Waals surface area contributed by atoms with Gasteiger partial charge in [0.15, 0.2) is 0 Å². The Hall–Kier alpha value is -1.88. The first-order chi connectivity index (χ1) is 10.1. The van der Waals surface area contributed by atoms with Gasteiger partial charge < -0.3 is 10.1 Å². The Bertz CT molecular complexity index is 629. The molecule has 0 heterocycles. The van der Waals surface area contributed by atoms with Gasteiger partial charge in [-0.05, 0) is 58.2 Å². The van der Waals surface area contributed by atoms with Crippen molar-refractivity contribution in [1.82, 2.24) is 5.32 Å². The molecule has 0 unspecified atom stereocenters. The van der Waals surface area contributed by atoms with Gasteiger partial charge in [-0.2, -0.15) is 0 Å². The zero-order chi connectivity index (χ0) is 15.2. The number of nitrogens with one attached hydrogen (secondary N) is 1. The quantitative estimate of drug-likeness (QED) is 0.894. The Morgan fingerprint density at radius 1 is 1.24 bits per heavy atom. The third-order valence-electron chi connectivity index (χ3n) is 3.03. The van der Waals surface area contributed by atoms with E-state index in [9.17, 15) is 9.18 Å². The first-order valence-electron chi connectivity index (χ1n) is 6.46. The van der Waals surface area contributed by atoms with Gasteiger partial charge in [-0.3, -0.25) is 4.79 Å². The SMILES string of the molecule is COc1ccc(C(=O)NCCc2ccc(F)cc2)cc1Br. The van der Waals surface area contributed by atoms with Crippen molar-refractivity contribution >= 4 is 21.8 Å². The summed E-state index contributed by atoms with van der Waals surface area (Å²) < 4.78 is 18.6. The van der Waals surface area contributed by atoms with Gasteiger partial charge in [-0.1, -0.05) is 12.1 Å². The molecule has 0 fully saturated rings. The number of methoxy groups -OCH3 is 1. The van der Waals surface area contributed by atoms with Gasteiger partial charge >= 0.3 is 0 Å². The Morgan fingerprint density at radius 3 is 2.57 bits per heavy atom. The molecular weight excluding hydrogens is 337 g/mol. The molecule has 2 aromatic carbocycles. The second kappa shape index (κ2) is 7.22. The number of halogens is 2. The van der Waals surface area contributed by atoms with E-state index in [-0.39, 0.29) is 11.7 Å². The number of hydrogen-bond donors (Lipinski definition) is 1. The number of ether oxygens (including phenoxy) is 1. The molecule has 1 N–H and O–H groups in total. The topological polar surface area (TPSA) is 38.3 Å². The van der Waals surface area contributed by atoms with Crippen LogP contribution in [0.1, 0.15) is 15.9 Å². The first-order valence-corrected chi connectivity index (χ1v) is 7.25. The van der Waals surface area contributed by atoms with E-state index in [1.165, 1.54) is 12.1 Å². The molecule has 0 aliphatic rings. The Morgan fingerprint density at radius 2 is 1.95 bits per heavy atom. The fraction of sp³-hybridized carbons (Fsp3) is 0.188. The van der Waals surface area contributed by atoms with Gasteiger partial charge in [0.1, 0.15) is 11.6 Å². The largest absolute Gasteiger partial charge is 0.496 e. The van der Waals surface area contributed by atoms with E-state index in [1.807, 2.05) is 0 Å². The molecule has 0 aliphatic heterocycles. The van der Waals surface area contributed by atoms with Crippen LogP contribution in [-0.2, 0) is 6.42 Å². The number of carbonyl (C=O) groups is 1. The molecule has 3 nitrogen and oxygen atoms in total. The summed E-state index contributed by atoms with van der Waals surface area (Å²) in [7, 11) is 1.57. The second-order valence-electron chi connectivity index (χ2n) is 4.48. The average molecular weight is 352 g/mol. The summed E-state index contributed by atoms with van der Waals surface area (Å²) in [4.78, 5) is 12.0. The molecule has 110 valence electrons. The van der Waals surface area contributed by atoms with Crippen molar-refractivity contribution in [2.45, 2.75) is 6.42 Å². The summed E-state index contributed by atoms with van der Waals surface area (Å²) >= 11 is 3.35. The Kier molecular flexibility index (Phi) is 5.33. The van der Waals surface area contributed by atoms with Gasteiger partial charge in [0.25, 0.3) is 5.91 Å². The highest BCUT2D eigenvalue weighted by Crippen LogP contribution is 2.25. The lowest BCUT2D eigenvalue weighted by Crippen LogP contribution is -2.25. The van der Waals surface area contributed by atoms with Crippen molar-refractivity contribution < 1.29 is 13.9 Å². The zero-order valence-corrected chi connectivity index (χ0v) is 13.1. The van der Waals surface area contributed by atoms with Crippen LogP contribution >= 0.6 is 15.9 Å². The maximum absolute atomic E-state index is 12.8.